The van der Waals surface area contributed by atoms with E-state index in [1.54, 1.807) is 30.3 Å². The molecule has 0 aliphatic heterocycles. The standard InChI is InChI=1S/C20H17ClO7/c1-25-12-18(20(24)26-2)28-17-9-8-14(21)10-15(17)19(23)27-11-16(22)13-6-4-3-5-7-13/h3-10,12H,11H2,1-2H3. The van der Waals surface area contributed by atoms with Crippen LogP contribution in [-0.4, -0.2) is 38.5 Å². The van der Waals surface area contributed by atoms with Gasteiger partial charge in [0.15, 0.2) is 12.4 Å². The number of ketones is 1. The Balaban J connectivity index is 2.18. The highest BCUT2D eigenvalue weighted by Gasteiger charge is 2.21. The summed E-state index contributed by atoms with van der Waals surface area (Å²) in [5, 5.41) is 0.240. The maximum Gasteiger partial charge on any atom is 0.377 e. The summed E-state index contributed by atoms with van der Waals surface area (Å²) in [5.74, 6) is -2.33. The van der Waals surface area contributed by atoms with Crippen molar-refractivity contribution in [3.8, 4) is 5.75 Å². The second-order valence-corrected chi connectivity index (χ2v) is 5.75. The highest BCUT2D eigenvalue weighted by molar-refractivity contribution is 6.31. The van der Waals surface area contributed by atoms with Gasteiger partial charge in [-0.05, 0) is 18.2 Å². The molecule has 0 radical (unpaired) electrons. The number of ether oxygens (including phenoxy) is 4. The number of methoxy groups -OCH3 is 2. The van der Waals surface area contributed by atoms with Gasteiger partial charge in [0.25, 0.3) is 0 Å². The number of carbonyl (C=O) groups is 3. The maximum atomic E-state index is 12.5. The number of esters is 2. The number of Topliss-reactive ketones (excluding diaryl/α,β-unsaturated/α-hetero) is 1. The summed E-state index contributed by atoms with van der Waals surface area (Å²) in [6, 6.07) is 12.5. The highest BCUT2D eigenvalue weighted by atomic mass is 35.5. The first kappa shape index (κ1) is 21.0. The molecule has 0 heterocycles. The van der Waals surface area contributed by atoms with Crippen molar-refractivity contribution < 1.29 is 33.3 Å². The first-order chi connectivity index (χ1) is 13.5. The average molecular weight is 405 g/mol. The molecule has 2 aromatic carbocycles. The van der Waals surface area contributed by atoms with Crippen LogP contribution in [0.25, 0.3) is 0 Å². The first-order valence-corrected chi connectivity index (χ1v) is 8.38. The van der Waals surface area contributed by atoms with Crippen LogP contribution in [0, 0.1) is 0 Å². The summed E-state index contributed by atoms with van der Waals surface area (Å²) in [7, 11) is 2.49. The molecule has 2 rings (SSSR count). The Labute approximate surface area is 166 Å². The molecule has 0 saturated carbocycles. The van der Waals surface area contributed by atoms with Crippen molar-refractivity contribution >= 4 is 29.3 Å². The molecule has 2 aromatic rings. The van der Waals surface area contributed by atoms with E-state index in [9.17, 15) is 14.4 Å². The Morgan fingerprint density at radius 3 is 2.39 bits per heavy atom. The molecule has 0 unspecified atom stereocenters. The Bertz CT molecular complexity index is 891. The zero-order chi connectivity index (χ0) is 20.5. The van der Waals surface area contributed by atoms with Crippen LogP contribution >= 0.6 is 11.6 Å². The number of carbonyl (C=O) groups excluding carboxylic acids is 3. The van der Waals surface area contributed by atoms with E-state index >= 15 is 0 Å². The molecule has 0 spiro atoms. The number of rotatable bonds is 8. The summed E-state index contributed by atoms with van der Waals surface area (Å²) >= 11 is 5.95. The van der Waals surface area contributed by atoms with Crippen molar-refractivity contribution in [2.75, 3.05) is 20.8 Å². The Morgan fingerprint density at radius 1 is 1.04 bits per heavy atom. The summed E-state index contributed by atoms with van der Waals surface area (Å²) in [6.45, 7) is -0.466. The molecule has 146 valence electrons. The van der Waals surface area contributed by atoms with Crippen LogP contribution in [0.2, 0.25) is 5.02 Å². The monoisotopic (exact) mass is 404 g/mol. The lowest BCUT2D eigenvalue weighted by Crippen LogP contribution is -2.16. The van der Waals surface area contributed by atoms with Gasteiger partial charge in [-0.25, -0.2) is 9.59 Å². The molecule has 0 saturated heterocycles. The molecule has 0 aliphatic rings. The van der Waals surface area contributed by atoms with Crippen LogP contribution < -0.4 is 4.74 Å². The van der Waals surface area contributed by atoms with Crippen molar-refractivity contribution in [3.63, 3.8) is 0 Å². The second-order valence-electron chi connectivity index (χ2n) is 5.32. The molecule has 0 N–H and O–H groups in total. The van der Waals surface area contributed by atoms with Crippen molar-refractivity contribution in [2.45, 2.75) is 0 Å². The molecular weight excluding hydrogens is 388 g/mol. The van der Waals surface area contributed by atoms with Crippen molar-refractivity contribution in [3.05, 3.63) is 76.7 Å². The average Bonchev–Trinajstić information content (AvgIpc) is 2.72. The topological polar surface area (TPSA) is 88.1 Å². The molecule has 28 heavy (non-hydrogen) atoms. The van der Waals surface area contributed by atoms with Gasteiger partial charge in [-0.2, -0.15) is 0 Å². The van der Waals surface area contributed by atoms with E-state index in [1.165, 1.54) is 32.4 Å². The van der Waals surface area contributed by atoms with Crippen LogP contribution in [-0.2, 0) is 19.0 Å². The normalized spacial score (nSPS) is 10.8. The molecule has 0 bridgehead atoms. The third kappa shape index (κ3) is 5.59. The quantitative estimate of drug-likeness (QED) is 0.288. The molecule has 0 amide bonds. The number of benzene rings is 2. The molecule has 0 atom stereocenters. The number of hydrogen-bond acceptors (Lipinski definition) is 7. The van der Waals surface area contributed by atoms with E-state index < -0.39 is 18.5 Å². The predicted molar refractivity (Wildman–Crippen MR) is 100 cm³/mol. The third-order valence-corrected chi connectivity index (χ3v) is 3.66. The summed E-state index contributed by atoms with van der Waals surface area (Å²) in [6.07, 6.45) is 1.02. The van der Waals surface area contributed by atoms with Gasteiger partial charge >= 0.3 is 11.9 Å². The lowest BCUT2D eigenvalue weighted by molar-refractivity contribution is -0.138. The summed E-state index contributed by atoms with van der Waals surface area (Å²) < 4.78 is 19.9. The van der Waals surface area contributed by atoms with Gasteiger partial charge in [-0.3, -0.25) is 4.79 Å². The lowest BCUT2D eigenvalue weighted by Gasteiger charge is -2.12. The van der Waals surface area contributed by atoms with Crippen molar-refractivity contribution in [1.29, 1.82) is 0 Å². The summed E-state index contributed by atoms with van der Waals surface area (Å²) in [5.41, 5.74) is 0.341. The molecule has 0 fully saturated rings. The minimum atomic E-state index is -0.844. The summed E-state index contributed by atoms with van der Waals surface area (Å²) in [4.78, 5) is 36.3. The fourth-order valence-corrected chi connectivity index (χ4v) is 2.28. The number of hydrogen-bond donors (Lipinski definition) is 0. The molecule has 0 aliphatic carbocycles. The van der Waals surface area contributed by atoms with Gasteiger partial charge in [-0.1, -0.05) is 41.9 Å². The van der Waals surface area contributed by atoms with Crippen LogP contribution in [0.15, 0.2) is 60.6 Å². The van der Waals surface area contributed by atoms with Gasteiger partial charge in [0, 0.05) is 10.6 Å². The molecular formula is C20H17ClO7. The van der Waals surface area contributed by atoms with Crippen LogP contribution in [0.1, 0.15) is 20.7 Å². The fourth-order valence-electron chi connectivity index (χ4n) is 2.11. The minimum absolute atomic E-state index is 0.0183. The SMILES string of the molecule is COC=C(Oc1ccc(Cl)cc1C(=O)OCC(=O)c1ccccc1)C(=O)OC. The van der Waals surface area contributed by atoms with Crippen LogP contribution in [0.3, 0.4) is 0 Å². The minimum Gasteiger partial charge on any atom is -0.500 e. The van der Waals surface area contributed by atoms with Gasteiger partial charge in [0.05, 0.1) is 14.2 Å². The van der Waals surface area contributed by atoms with E-state index in [2.05, 4.69) is 4.74 Å². The Kier molecular flexibility index (Phi) is 7.59. The van der Waals surface area contributed by atoms with Gasteiger partial charge in [-0.15, -0.1) is 0 Å². The van der Waals surface area contributed by atoms with E-state index in [1.807, 2.05) is 0 Å². The second kappa shape index (κ2) is 10.1. The van der Waals surface area contributed by atoms with E-state index in [0.29, 0.717) is 5.56 Å². The smallest absolute Gasteiger partial charge is 0.377 e. The van der Waals surface area contributed by atoms with Gasteiger partial charge < -0.3 is 18.9 Å². The van der Waals surface area contributed by atoms with Crippen molar-refractivity contribution in [1.82, 2.24) is 0 Å². The molecule has 7 nitrogen and oxygen atoms in total. The zero-order valence-corrected chi connectivity index (χ0v) is 15.9. The Hall–Kier alpha value is -3.32. The first-order valence-electron chi connectivity index (χ1n) is 8.00. The zero-order valence-electron chi connectivity index (χ0n) is 15.1. The van der Waals surface area contributed by atoms with E-state index in [-0.39, 0.29) is 27.9 Å². The van der Waals surface area contributed by atoms with Gasteiger partial charge in [0.2, 0.25) is 5.76 Å². The third-order valence-electron chi connectivity index (χ3n) is 3.42. The number of halogens is 1. The highest BCUT2D eigenvalue weighted by Crippen LogP contribution is 2.26. The van der Waals surface area contributed by atoms with Crippen molar-refractivity contribution in [2.24, 2.45) is 0 Å². The molecule has 0 aromatic heterocycles. The largest absolute Gasteiger partial charge is 0.500 e. The molecule has 8 heteroatoms. The maximum absolute atomic E-state index is 12.5. The van der Waals surface area contributed by atoms with E-state index in [4.69, 9.17) is 25.8 Å². The van der Waals surface area contributed by atoms with Crippen LogP contribution in [0.5, 0.6) is 5.75 Å². The van der Waals surface area contributed by atoms with E-state index in [0.717, 1.165) is 6.26 Å². The predicted octanol–water partition coefficient (Wildman–Crippen LogP) is 3.42. The Morgan fingerprint density at radius 2 is 1.75 bits per heavy atom. The van der Waals surface area contributed by atoms with Gasteiger partial charge in [0.1, 0.15) is 17.6 Å². The van der Waals surface area contributed by atoms with Crippen LogP contribution in [0.4, 0.5) is 0 Å². The fraction of sp³-hybridized carbons (Fsp3) is 0.150. The lowest BCUT2D eigenvalue weighted by atomic mass is 10.1.